The standard InChI is InChI=1S/C15H15N3O3/c1-8(19)16-12-7-20-13-6-10(4-5-11(12)13)14-17-15(21-18-14)9-2-3-9/h4-6,9,12H,2-3,7H2,1H3,(H,16,19)/t12-/m1/s1. The van der Waals surface area contributed by atoms with Crippen LogP contribution in [0.25, 0.3) is 11.4 Å². The quantitative estimate of drug-likeness (QED) is 0.935. The van der Waals surface area contributed by atoms with Crippen molar-refractivity contribution in [1.29, 1.82) is 0 Å². The molecule has 108 valence electrons. The fraction of sp³-hybridized carbons (Fsp3) is 0.400. The normalized spacial score (nSPS) is 20.0. The molecule has 1 fully saturated rings. The lowest BCUT2D eigenvalue weighted by molar-refractivity contribution is -0.119. The predicted octanol–water partition coefficient (Wildman–Crippen LogP) is 2.18. The molecule has 2 aliphatic rings. The van der Waals surface area contributed by atoms with Gasteiger partial charge in [0.1, 0.15) is 12.4 Å². The van der Waals surface area contributed by atoms with Gasteiger partial charge in [0.05, 0.1) is 6.04 Å². The highest BCUT2D eigenvalue weighted by atomic mass is 16.5. The number of hydrogen-bond donors (Lipinski definition) is 1. The summed E-state index contributed by atoms with van der Waals surface area (Å²) in [5.41, 5.74) is 1.85. The summed E-state index contributed by atoms with van der Waals surface area (Å²) in [4.78, 5) is 15.6. The van der Waals surface area contributed by atoms with E-state index in [4.69, 9.17) is 9.26 Å². The third-order valence-corrected chi connectivity index (χ3v) is 3.80. The zero-order valence-electron chi connectivity index (χ0n) is 11.6. The van der Waals surface area contributed by atoms with Crippen LogP contribution in [0.4, 0.5) is 0 Å². The molecule has 21 heavy (non-hydrogen) atoms. The molecule has 6 nitrogen and oxygen atoms in total. The second kappa shape index (κ2) is 4.58. The maximum atomic E-state index is 11.2. The summed E-state index contributed by atoms with van der Waals surface area (Å²) < 4.78 is 10.9. The number of fused-ring (bicyclic) bond motifs is 1. The average molecular weight is 285 g/mol. The first kappa shape index (κ1) is 12.4. The summed E-state index contributed by atoms with van der Waals surface area (Å²) in [6, 6.07) is 5.70. The molecule has 4 rings (SSSR count). The molecule has 1 aliphatic heterocycles. The second-order valence-corrected chi connectivity index (χ2v) is 5.55. The van der Waals surface area contributed by atoms with Gasteiger partial charge in [-0.25, -0.2) is 0 Å². The van der Waals surface area contributed by atoms with Gasteiger partial charge in [0.15, 0.2) is 0 Å². The number of nitrogens with one attached hydrogen (secondary N) is 1. The van der Waals surface area contributed by atoms with E-state index in [-0.39, 0.29) is 11.9 Å². The van der Waals surface area contributed by atoms with Crippen molar-refractivity contribution in [3.8, 4) is 17.1 Å². The number of carbonyl (C=O) groups is 1. The Hall–Kier alpha value is -2.37. The Balaban J connectivity index is 1.61. The number of benzene rings is 1. The van der Waals surface area contributed by atoms with Crippen molar-refractivity contribution in [3.63, 3.8) is 0 Å². The van der Waals surface area contributed by atoms with Gasteiger partial charge in [-0.2, -0.15) is 4.98 Å². The first-order valence-electron chi connectivity index (χ1n) is 7.08. The van der Waals surface area contributed by atoms with Gasteiger partial charge in [-0.3, -0.25) is 4.79 Å². The molecular formula is C15H15N3O3. The number of ether oxygens (including phenoxy) is 1. The molecular weight excluding hydrogens is 270 g/mol. The maximum absolute atomic E-state index is 11.2. The predicted molar refractivity (Wildman–Crippen MR) is 73.8 cm³/mol. The molecule has 0 saturated heterocycles. The fourth-order valence-electron chi connectivity index (χ4n) is 2.56. The summed E-state index contributed by atoms with van der Waals surface area (Å²) in [6.07, 6.45) is 2.26. The van der Waals surface area contributed by atoms with Crippen LogP contribution in [0.3, 0.4) is 0 Å². The average Bonchev–Trinajstić information content (AvgIpc) is 3.07. The van der Waals surface area contributed by atoms with E-state index in [9.17, 15) is 4.79 Å². The van der Waals surface area contributed by atoms with Crippen LogP contribution in [-0.4, -0.2) is 22.7 Å². The fourth-order valence-corrected chi connectivity index (χ4v) is 2.56. The van der Waals surface area contributed by atoms with Gasteiger partial charge in [-0.15, -0.1) is 0 Å². The highest BCUT2D eigenvalue weighted by Gasteiger charge is 2.30. The van der Waals surface area contributed by atoms with Gasteiger partial charge in [-0.1, -0.05) is 17.3 Å². The van der Waals surface area contributed by atoms with Crippen LogP contribution in [0.1, 0.15) is 43.2 Å². The summed E-state index contributed by atoms with van der Waals surface area (Å²) in [5.74, 6) is 2.46. The number of hydrogen-bond acceptors (Lipinski definition) is 5. The molecule has 2 aromatic rings. The van der Waals surface area contributed by atoms with Crippen LogP contribution in [-0.2, 0) is 4.79 Å². The Morgan fingerprint density at radius 3 is 3.00 bits per heavy atom. The molecule has 1 aliphatic carbocycles. The number of carbonyl (C=O) groups excluding carboxylic acids is 1. The first-order chi connectivity index (χ1) is 10.2. The molecule has 1 N–H and O–H groups in total. The van der Waals surface area contributed by atoms with Gasteiger partial charge in [0, 0.05) is 24.0 Å². The van der Waals surface area contributed by atoms with Crippen LogP contribution in [0.2, 0.25) is 0 Å². The SMILES string of the molecule is CC(=O)N[C@@H]1COc2cc(-c3noc(C4CC4)n3)ccc21. The van der Waals surface area contributed by atoms with Crippen LogP contribution in [0.15, 0.2) is 22.7 Å². The molecule has 0 spiro atoms. The Morgan fingerprint density at radius 2 is 2.24 bits per heavy atom. The van der Waals surface area contributed by atoms with Crippen molar-refractivity contribution in [1.82, 2.24) is 15.5 Å². The number of aromatic nitrogens is 2. The number of amides is 1. The van der Waals surface area contributed by atoms with Gasteiger partial charge in [0.2, 0.25) is 17.6 Å². The Labute approximate surface area is 121 Å². The van der Waals surface area contributed by atoms with Crippen LogP contribution < -0.4 is 10.1 Å². The van der Waals surface area contributed by atoms with E-state index in [0.717, 1.165) is 35.6 Å². The van der Waals surface area contributed by atoms with E-state index in [1.807, 2.05) is 18.2 Å². The molecule has 1 aromatic carbocycles. The number of nitrogens with zero attached hydrogens (tertiary/aromatic N) is 2. The monoisotopic (exact) mass is 285 g/mol. The maximum Gasteiger partial charge on any atom is 0.230 e. The van der Waals surface area contributed by atoms with Gasteiger partial charge < -0.3 is 14.6 Å². The summed E-state index contributed by atoms with van der Waals surface area (Å²) in [5, 5.41) is 6.90. The molecule has 0 unspecified atom stereocenters. The van der Waals surface area contributed by atoms with Crippen LogP contribution >= 0.6 is 0 Å². The van der Waals surface area contributed by atoms with E-state index in [0.29, 0.717) is 18.3 Å². The zero-order valence-corrected chi connectivity index (χ0v) is 11.6. The van der Waals surface area contributed by atoms with E-state index >= 15 is 0 Å². The van der Waals surface area contributed by atoms with Crippen molar-refractivity contribution in [2.45, 2.75) is 31.7 Å². The second-order valence-electron chi connectivity index (χ2n) is 5.55. The van der Waals surface area contributed by atoms with E-state index < -0.39 is 0 Å². The van der Waals surface area contributed by atoms with E-state index in [1.54, 1.807) is 0 Å². The molecule has 1 amide bonds. The molecule has 1 atom stereocenters. The summed E-state index contributed by atoms with van der Waals surface area (Å²) in [7, 11) is 0. The Kier molecular flexibility index (Phi) is 2.70. The Morgan fingerprint density at radius 1 is 1.38 bits per heavy atom. The van der Waals surface area contributed by atoms with Gasteiger partial charge in [-0.05, 0) is 18.9 Å². The molecule has 0 bridgehead atoms. The minimum absolute atomic E-state index is 0.0623. The van der Waals surface area contributed by atoms with Crippen molar-refractivity contribution < 1.29 is 14.1 Å². The third-order valence-electron chi connectivity index (χ3n) is 3.80. The van der Waals surface area contributed by atoms with Crippen molar-refractivity contribution >= 4 is 5.91 Å². The minimum Gasteiger partial charge on any atom is -0.491 e. The lowest BCUT2D eigenvalue weighted by Gasteiger charge is -2.09. The smallest absolute Gasteiger partial charge is 0.230 e. The lowest BCUT2D eigenvalue weighted by Crippen LogP contribution is -2.26. The Bertz CT molecular complexity index is 706. The first-order valence-corrected chi connectivity index (χ1v) is 7.08. The van der Waals surface area contributed by atoms with Crippen molar-refractivity contribution in [2.75, 3.05) is 6.61 Å². The summed E-state index contributed by atoms with van der Waals surface area (Å²) in [6.45, 7) is 1.96. The van der Waals surface area contributed by atoms with Crippen LogP contribution in [0.5, 0.6) is 5.75 Å². The van der Waals surface area contributed by atoms with Crippen molar-refractivity contribution in [3.05, 3.63) is 29.7 Å². The molecule has 2 heterocycles. The van der Waals surface area contributed by atoms with E-state index in [2.05, 4.69) is 15.5 Å². The van der Waals surface area contributed by atoms with Gasteiger partial charge >= 0.3 is 0 Å². The highest BCUT2D eigenvalue weighted by molar-refractivity contribution is 5.74. The minimum atomic E-state index is -0.0844. The van der Waals surface area contributed by atoms with E-state index in [1.165, 1.54) is 6.92 Å². The van der Waals surface area contributed by atoms with Crippen molar-refractivity contribution in [2.24, 2.45) is 0 Å². The van der Waals surface area contributed by atoms with Gasteiger partial charge in [0.25, 0.3) is 0 Å². The topological polar surface area (TPSA) is 77.2 Å². The molecule has 0 radical (unpaired) electrons. The van der Waals surface area contributed by atoms with Crippen LogP contribution in [0, 0.1) is 0 Å². The number of rotatable bonds is 3. The zero-order chi connectivity index (χ0) is 14.4. The summed E-state index contributed by atoms with van der Waals surface area (Å²) >= 11 is 0. The molecule has 1 aromatic heterocycles. The molecule has 1 saturated carbocycles. The highest BCUT2D eigenvalue weighted by Crippen LogP contribution is 2.40. The largest absolute Gasteiger partial charge is 0.491 e. The molecule has 6 heteroatoms. The third kappa shape index (κ3) is 2.26. The lowest BCUT2D eigenvalue weighted by atomic mass is 10.1.